The highest BCUT2D eigenvalue weighted by Crippen LogP contribution is 2.28. The maximum atomic E-state index is 5.63. The van der Waals surface area contributed by atoms with Gasteiger partial charge in [-0.05, 0) is 25.1 Å². The molecule has 2 rings (SSSR count). The summed E-state index contributed by atoms with van der Waals surface area (Å²) in [5.74, 6) is 3.92. The summed E-state index contributed by atoms with van der Waals surface area (Å²) in [5, 5.41) is 2.27. The Morgan fingerprint density at radius 3 is 2.45 bits per heavy atom. The van der Waals surface area contributed by atoms with Gasteiger partial charge in [0, 0.05) is 11.1 Å². The second kappa shape index (κ2) is 8.76. The third-order valence-electron chi connectivity index (χ3n) is 3.22. The van der Waals surface area contributed by atoms with Gasteiger partial charge < -0.3 is 14.8 Å². The van der Waals surface area contributed by atoms with E-state index in [9.17, 15) is 0 Å². The fraction of sp³-hybridized carbons (Fsp3) is 0.263. The van der Waals surface area contributed by atoms with Crippen molar-refractivity contribution in [2.75, 3.05) is 13.2 Å². The summed E-state index contributed by atoms with van der Waals surface area (Å²) in [6.45, 7) is 4.66. The largest absolute Gasteiger partial charge is 0.490 e. The van der Waals surface area contributed by atoms with Crippen molar-refractivity contribution in [2.24, 2.45) is 0 Å². The first-order valence-corrected chi connectivity index (χ1v) is 7.51. The van der Waals surface area contributed by atoms with E-state index in [1.807, 2.05) is 25.1 Å². The Hall–Kier alpha value is -2.44. The minimum Gasteiger partial charge on any atom is -0.490 e. The Labute approximate surface area is 132 Å². The molecule has 3 nitrogen and oxygen atoms in total. The van der Waals surface area contributed by atoms with E-state index < -0.39 is 0 Å². The molecule has 0 heterocycles. The van der Waals surface area contributed by atoms with Crippen LogP contribution in [-0.4, -0.2) is 13.2 Å². The molecule has 3 heteroatoms. The molecule has 0 saturated carbocycles. The number of ether oxygens (including phenoxy) is 2. The molecule has 2 aromatic rings. The topological polar surface area (TPSA) is 35.1 Å². The number of nitrogens with two attached hydrogens (primary N) is 1. The van der Waals surface area contributed by atoms with Crippen LogP contribution in [0.5, 0.6) is 11.5 Å². The van der Waals surface area contributed by atoms with Crippen LogP contribution < -0.4 is 14.8 Å². The van der Waals surface area contributed by atoms with Crippen LogP contribution in [0.15, 0.2) is 48.5 Å². The molecule has 22 heavy (non-hydrogen) atoms. The van der Waals surface area contributed by atoms with Crippen LogP contribution in [0.2, 0.25) is 0 Å². The highest BCUT2D eigenvalue weighted by atomic mass is 16.5. The number of benzene rings is 2. The molecule has 114 valence electrons. The fourth-order valence-electron chi connectivity index (χ4n) is 2.21. The summed E-state index contributed by atoms with van der Waals surface area (Å²) in [5.41, 5.74) is 2.52. The van der Waals surface area contributed by atoms with Crippen LogP contribution in [0.1, 0.15) is 18.1 Å². The summed E-state index contributed by atoms with van der Waals surface area (Å²) in [7, 11) is 0. The Bertz CT molecular complexity index is 617. The molecule has 0 aliphatic carbocycles. The van der Waals surface area contributed by atoms with Crippen molar-refractivity contribution in [3.8, 4) is 23.8 Å². The number of quaternary nitrogens is 1. The molecule has 0 atom stereocenters. The zero-order valence-electron chi connectivity index (χ0n) is 12.9. The Morgan fingerprint density at radius 1 is 0.955 bits per heavy atom. The predicted molar refractivity (Wildman–Crippen MR) is 87.7 cm³/mol. The number of hydrogen-bond acceptors (Lipinski definition) is 2. The molecular formula is C19H22NO2+. The zero-order valence-corrected chi connectivity index (χ0v) is 12.9. The van der Waals surface area contributed by atoms with Crippen molar-refractivity contribution in [1.82, 2.24) is 0 Å². The lowest BCUT2D eigenvalue weighted by Crippen LogP contribution is -2.80. The lowest BCUT2D eigenvalue weighted by atomic mass is 10.2. The van der Waals surface area contributed by atoms with E-state index in [0.29, 0.717) is 12.4 Å². The third kappa shape index (κ3) is 4.83. The van der Waals surface area contributed by atoms with Crippen molar-refractivity contribution < 1.29 is 14.8 Å². The summed E-state index contributed by atoms with van der Waals surface area (Å²) >= 11 is 0. The van der Waals surface area contributed by atoms with Crippen LogP contribution in [0.25, 0.3) is 0 Å². The molecule has 2 N–H and O–H groups in total. The average molecular weight is 296 g/mol. The smallest absolute Gasteiger partial charge is 0.162 e. The second-order valence-corrected chi connectivity index (χ2v) is 4.89. The molecule has 0 bridgehead atoms. The van der Waals surface area contributed by atoms with Gasteiger partial charge in [0.1, 0.15) is 19.7 Å². The van der Waals surface area contributed by atoms with Gasteiger partial charge in [-0.1, -0.05) is 36.3 Å². The van der Waals surface area contributed by atoms with Crippen LogP contribution in [-0.2, 0) is 13.1 Å². The van der Waals surface area contributed by atoms with Gasteiger partial charge in [0.05, 0.1) is 6.61 Å². The van der Waals surface area contributed by atoms with E-state index >= 15 is 0 Å². The van der Waals surface area contributed by atoms with Gasteiger partial charge in [0.25, 0.3) is 0 Å². The number of rotatable bonds is 8. The van der Waals surface area contributed by atoms with Gasteiger partial charge in [-0.3, -0.25) is 0 Å². The van der Waals surface area contributed by atoms with Gasteiger partial charge >= 0.3 is 0 Å². The lowest BCUT2D eigenvalue weighted by Gasteiger charge is -2.11. The lowest BCUT2D eigenvalue weighted by molar-refractivity contribution is -0.686. The van der Waals surface area contributed by atoms with E-state index in [1.165, 1.54) is 11.1 Å². The summed E-state index contributed by atoms with van der Waals surface area (Å²) in [6.07, 6.45) is 5.23. The summed E-state index contributed by atoms with van der Waals surface area (Å²) in [6, 6.07) is 16.4. The molecular weight excluding hydrogens is 274 g/mol. The van der Waals surface area contributed by atoms with Crippen LogP contribution in [0, 0.1) is 12.3 Å². The fourth-order valence-corrected chi connectivity index (χ4v) is 2.21. The first kappa shape index (κ1) is 15.9. The van der Waals surface area contributed by atoms with Crippen LogP contribution >= 0.6 is 0 Å². The normalized spacial score (nSPS) is 10.0. The Morgan fingerprint density at radius 2 is 1.73 bits per heavy atom. The van der Waals surface area contributed by atoms with E-state index in [4.69, 9.17) is 15.9 Å². The quantitative estimate of drug-likeness (QED) is 0.759. The summed E-state index contributed by atoms with van der Waals surface area (Å²) < 4.78 is 11.1. The molecule has 0 aliphatic rings. The standard InChI is InChI=1S/C19H21NO2/c1-3-12-22-18-11-10-17(13-19(18)21-4-2)15-20-14-16-8-6-5-7-9-16/h1,5-11,13,20H,4,12,14-15H2,2H3/p+1. The maximum absolute atomic E-state index is 5.63. The first-order chi connectivity index (χ1) is 10.8. The molecule has 0 radical (unpaired) electrons. The number of terminal acetylenes is 1. The SMILES string of the molecule is C#CCOc1ccc(C[NH2+]Cc2ccccc2)cc1OCC. The molecule has 0 spiro atoms. The Kier molecular flexibility index (Phi) is 6.35. The molecule has 0 unspecified atom stereocenters. The van der Waals surface area contributed by atoms with E-state index in [1.54, 1.807) is 0 Å². The van der Waals surface area contributed by atoms with Crippen LogP contribution in [0.3, 0.4) is 0 Å². The van der Waals surface area contributed by atoms with E-state index in [0.717, 1.165) is 18.8 Å². The van der Waals surface area contributed by atoms with Crippen molar-refractivity contribution in [1.29, 1.82) is 0 Å². The minimum absolute atomic E-state index is 0.250. The van der Waals surface area contributed by atoms with Gasteiger partial charge in [-0.2, -0.15) is 0 Å². The minimum atomic E-state index is 0.250. The molecule has 0 amide bonds. The van der Waals surface area contributed by atoms with Gasteiger partial charge in [0.15, 0.2) is 11.5 Å². The molecule has 0 saturated heterocycles. The Balaban J connectivity index is 1.96. The highest BCUT2D eigenvalue weighted by Gasteiger charge is 2.07. The van der Waals surface area contributed by atoms with Crippen molar-refractivity contribution in [3.63, 3.8) is 0 Å². The van der Waals surface area contributed by atoms with Crippen molar-refractivity contribution >= 4 is 0 Å². The summed E-state index contributed by atoms with van der Waals surface area (Å²) in [4.78, 5) is 0. The first-order valence-electron chi connectivity index (χ1n) is 7.51. The highest BCUT2D eigenvalue weighted by molar-refractivity contribution is 5.43. The average Bonchev–Trinajstić information content (AvgIpc) is 2.55. The predicted octanol–water partition coefficient (Wildman–Crippen LogP) is 2.36. The molecule has 2 aromatic carbocycles. The molecule has 0 aliphatic heterocycles. The van der Waals surface area contributed by atoms with Crippen LogP contribution in [0.4, 0.5) is 0 Å². The zero-order chi connectivity index (χ0) is 15.6. The second-order valence-electron chi connectivity index (χ2n) is 4.89. The molecule has 0 fully saturated rings. The molecule has 0 aromatic heterocycles. The van der Waals surface area contributed by atoms with Crippen molar-refractivity contribution in [2.45, 2.75) is 20.0 Å². The van der Waals surface area contributed by atoms with Gasteiger partial charge in [0.2, 0.25) is 0 Å². The van der Waals surface area contributed by atoms with E-state index in [2.05, 4.69) is 41.6 Å². The third-order valence-corrected chi connectivity index (χ3v) is 3.22. The maximum Gasteiger partial charge on any atom is 0.162 e. The van der Waals surface area contributed by atoms with Gasteiger partial charge in [-0.15, -0.1) is 6.42 Å². The monoisotopic (exact) mass is 296 g/mol. The van der Waals surface area contributed by atoms with Gasteiger partial charge in [-0.25, -0.2) is 0 Å². The van der Waals surface area contributed by atoms with E-state index in [-0.39, 0.29) is 6.61 Å². The van der Waals surface area contributed by atoms with Crippen molar-refractivity contribution in [3.05, 3.63) is 59.7 Å². The number of hydrogen-bond donors (Lipinski definition) is 1.